The summed E-state index contributed by atoms with van der Waals surface area (Å²) in [5, 5.41) is 2.69. The Balaban J connectivity index is 2.03. The third-order valence-corrected chi connectivity index (χ3v) is 3.18. The number of carbonyl (C=O) groups excluding carboxylic acids is 1. The lowest BCUT2D eigenvalue weighted by Crippen LogP contribution is -2.23. The molecule has 2 aromatic carbocycles. The van der Waals surface area contributed by atoms with Crippen molar-refractivity contribution in [1.29, 1.82) is 0 Å². The van der Waals surface area contributed by atoms with Crippen LogP contribution in [0.15, 0.2) is 48.5 Å². The van der Waals surface area contributed by atoms with Crippen molar-refractivity contribution in [3.63, 3.8) is 0 Å². The number of nitrogens with one attached hydrogen (secondary N) is 1. The van der Waals surface area contributed by atoms with Gasteiger partial charge in [-0.15, -0.1) is 0 Å². The maximum atomic E-state index is 12.4. The molecule has 0 bridgehead atoms. The molecule has 0 heterocycles. The molecule has 0 unspecified atom stereocenters. The average Bonchev–Trinajstić information content (AvgIpc) is 2.45. The van der Waals surface area contributed by atoms with Crippen LogP contribution in [0.3, 0.4) is 0 Å². The standard InChI is InChI=1S/C16H14F3NO/c1-11-4-2-3-5-13(11)10-20-15(21)12-6-8-14(9-7-12)16(17,18)19/h2-9H,10H2,1H3,(H,20,21). The summed E-state index contributed by atoms with van der Waals surface area (Å²) in [6, 6.07) is 11.8. The molecule has 0 radical (unpaired) electrons. The molecule has 0 aliphatic carbocycles. The summed E-state index contributed by atoms with van der Waals surface area (Å²) in [7, 11) is 0. The summed E-state index contributed by atoms with van der Waals surface area (Å²) < 4.78 is 37.3. The zero-order valence-electron chi connectivity index (χ0n) is 11.4. The molecule has 2 rings (SSSR count). The highest BCUT2D eigenvalue weighted by Gasteiger charge is 2.30. The normalized spacial score (nSPS) is 11.2. The third-order valence-electron chi connectivity index (χ3n) is 3.18. The third kappa shape index (κ3) is 3.84. The summed E-state index contributed by atoms with van der Waals surface area (Å²) in [4.78, 5) is 11.9. The van der Waals surface area contributed by atoms with Gasteiger partial charge in [0.1, 0.15) is 0 Å². The summed E-state index contributed by atoms with van der Waals surface area (Å²) >= 11 is 0. The molecule has 0 atom stereocenters. The van der Waals surface area contributed by atoms with Crippen molar-refractivity contribution in [1.82, 2.24) is 5.32 Å². The molecular weight excluding hydrogens is 279 g/mol. The van der Waals surface area contributed by atoms with Crippen molar-refractivity contribution in [3.8, 4) is 0 Å². The maximum absolute atomic E-state index is 12.4. The zero-order chi connectivity index (χ0) is 15.5. The molecule has 0 spiro atoms. The van der Waals surface area contributed by atoms with E-state index in [4.69, 9.17) is 0 Å². The van der Waals surface area contributed by atoms with Crippen LogP contribution in [0.25, 0.3) is 0 Å². The summed E-state index contributed by atoms with van der Waals surface area (Å²) in [5.41, 5.74) is 1.46. The fourth-order valence-corrected chi connectivity index (χ4v) is 1.90. The number of alkyl halides is 3. The Morgan fingerprint density at radius 2 is 1.67 bits per heavy atom. The fraction of sp³-hybridized carbons (Fsp3) is 0.188. The second-order valence-corrected chi connectivity index (χ2v) is 4.68. The first kappa shape index (κ1) is 15.1. The second kappa shape index (κ2) is 5.99. The van der Waals surface area contributed by atoms with Gasteiger partial charge in [-0.2, -0.15) is 13.2 Å². The molecule has 0 saturated heterocycles. The van der Waals surface area contributed by atoms with Crippen molar-refractivity contribution in [2.75, 3.05) is 0 Å². The fourth-order valence-electron chi connectivity index (χ4n) is 1.90. The van der Waals surface area contributed by atoms with Gasteiger partial charge in [-0.1, -0.05) is 24.3 Å². The van der Waals surface area contributed by atoms with E-state index in [0.29, 0.717) is 6.54 Å². The van der Waals surface area contributed by atoms with E-state index in [1.807, 2.05) is 31.2 Å². The average molecular weight is 293 g/mol. The van der Waals surface area contributed by atoms with Gasteiger partial charge in [0.05, 0.1) is 5.56 Å². The van der Waals surface area contributed by atoms with Gasteiger partial charge in [0.2, 0.25) is 0 Å². The predicted octanol–water partition coefficient (Wildman–Crippen LogP) is 3.94. The first-order chi connectivity index (χ1) is 9.88. The molecule has 5 heteroatoms. The van der Waals surface area contributed by atoms with Gasteiger partial charge in [-0.05, 0) is 42.3 Å². The van der Waals surface area contributed by atoms with Crippen LogP contribution in [0.5, 0.6) is 0 Å². The quantitative estimate of drug-likeness (QED) is 0.912. The highest BCUT2D eigenvalue weighted by Crippen LogP contribution is 2.29. The minimum absolute atomic E-state index is 0.205. The molecule has 21 heavy (non-hydrogen) atoms. The lowest BCUT2D eigenvalue weighted by atomic mass is 10.1. The number of aryl methyl sites for hydroxylation is 1. The largest absolute Gasteiger partial charge is 0.416 e. The van der Waals surface area contributed by atoms with E-state index in [9.17, 15) is 18.0 Å². The molecule has 0 fully saturated rings. The second-order valence-electron chi connectivity index (χ2n) is 4.68. The summed E-state index contributed by atoms with van der Waals surface area (Å²) in [6.07, 6.45) is -4.39. The van der Waals surface area contributed by atoms with Gasteiger partial charge in [-0.25, -0.2) is 0 Å². The number of amides is 1. The molecule has 1 amide bonds. The van der Waals surface area contributed by atoms with Crippen molar-refractivity contribution in [2.45, 2.75) is 19.6 Å². The van der Waals surface area contributed by atoms with Gasteiger partial charge >= 0.3 is 6.18 Å². The highest BCUT2D eigenvalue weighted by molar-refractivity contribution is 5.94. The van der Waals surface area contributed by atoms with E-state index in [-0.39, 0.29) is 5.56 Å². The molecule has 0 aliphatic heterocycles. The SMILES string of the molecule is Cc1ccccc1CNC(=O)c1ccc(C(F)(F)F)cc1. The Morgan fingerprint density at radius 1 is 1.05 bits per heavy atom. The van der Waals surface area contributed by atoms with Crippen LogP contribution in [-0.2, 0) is 12.7 Å². The summed E-state index contributed by atoms with van der Waals surface area (Å²) in [6.45, 7) is 2.27. The number of hydrogen-bond donors (Lipinski definition) is 1. The minimum atomic E-state index is -4.39. The smallest absolute Gasteiger partial charge is 0.348 e. The lowest BCUT2D eigenvalue weighted by Gasteiger charge is -2.09. The van der Waals surface area contributed by atoms with Gasteiger partial charge in [0.15, 0.2) is 0 Å². The molecule has 2 nitrogen and oxygen atoms in total. The van der Waals surface area contributed by atoms with E-state index >= 15 is 0 Å². The lowest BCUT2D eigenvalue weighted by molar-refractivity contribution is -0.137. The monoisotopic (exact) mass is 293 g/mol. The van der Waals surface area contributed by atoms with Crippen LogP contribution < -0.4 is 5.32 Å². The van der Waals surface area contributed by atoms with Gasteiger partial charge in [-0.3, -0.25) is 4.79 Å². The van der Waals surface area contributed by atoms with Gasteiger partial charge < -0.3 is 5.32 Å². The summed E-state index contributed by atoms with van der Waals surface area (Å²) in [5.74, 6) is -0.396. The Kier molecular flexibility index (Phi) is 4.31. The van der Waals surface area contributed by atoms with Crippen molar-refractivity contribution in [2.24, 2.45) is 0 Å². The highest BCUT2D eigenvalue weighted by atomic mass is 19.4. The molecule has 0 aliphatic rings. The van der Waals surface area contributed by atoms with Crippen LogP contribution >= 0.6 is 0 Å². The maximum Gasteiger partial charge on any atom is 0.416 e. The van der Waals surface area contributed by atoms with Gasteiger partial charge in [0.25, 0.3) is 5.91 Å². The van der Waals surface area contributed by atoms with E-state index in [1.54, 1.807) is 0 Å². The Morgan fingerprint density at radius 3 is 2.24 bits per heavy atom. The van der Waals surface area contributed by atoms with Crippen LogP contribution in [0.4, 0.5) is 13.2 Å². The van der Waals surface area contributed by atoms with Crippen molar-refractivity contribution >= 4 is 5.91 Å². The topological polar surface area (TPSA) is 29.1 Å². The molecule has 0 saturated carbocycles. The number of halogens is 3. The minimum Gasteiger partial charge on any atom is -0.348 e. The Bertz CT molecular complexity index is 633. The van der Waals surface area contributed by atoms with Crippen molar-refractivity contribution in [3.05, 3.63) is 70.8 Å². The van der Waals surface area contributed by atoms with E-state index in [0.717, 1.165) is 23.3 Å². The Labute approximate surface area is 120 Å². The Hall–Kier alpha value is -2.30. The van der Waals surface area contributed by atoms with Crippen LogP contribution in [0, 0.1) is 6.92 Å². The van der Waals surface area contributed by atoms with E-state index < -0.39 is 17.6 Å². The number of rotatable bonds is 3. The molecular formula is C16H14F3NO. The van der Waals surface area contributed by atoms with Crippen LogP contribution in [-0.4, -0.2) is 5.91 Å². The zero-order valence-corrected chi connectivity index (χ0v) is 11.4. The van der Waals surface area contributed by atoms with Crippen LogP contribution in [0.1, 0.15) is 27.0 Å². The number of carbonyl (C=O) groups is 1. The molecule has 110 valence electrons. The number of hydrogen-bond acceptors (Lipinski definition) is 1. The predicted molar refractivity (Wildman–Crippen MR) is 73.8 cm³/mol. The molecule has 1 N–H and O–H groups in total. The molecule has 2 aromatic rings. The first-order valence-electron chi connectivity index (χ1n) is 6.38. The van der Waals surface area contributed by atoms with E-state index in [1.165, 1.54) is 12.1 Å². The molecule has 0 aromatic heterocycles. The van der Waals surface area contributed by atoms with Gasteiger partial charge in [0, 0.05) is 12.1 Å². The first-order valence-corrected chi connectivity index (χ1v) is 6.38. The van der Waals surface area contributed by atoms with Crippen molar-refractivity contribution < 1.29 is 18.0 Å². The van der Waals surface area contributed by atoms with Crippen LogP contribution in [0.2, 0.25) is 0 Å². The van der Waals surface area contributed by atoms with E-state index in [2.05, 4.69) is 5.32 Å². The number of benzene rings is 2.